The fraction of sp³-hybridized carbons (Fsp3) is 0.300. The Labute approximate surface area is 98.0 Å². The summed E-state index contributed by atoms with van der Waals surface area (Å²) in [5, 5.41) is 12.6. The van der Waals surface area contributed by atoms with Crippen LogP contribution in [-0.2, 0) is 0 Å². The third-order valence-electron chi connectivity index (χ3n) is 1.72. The zero-order valence-electron chi connectivity index (χ0n) is 8.34. The molecule has 1 aromatic rings. The quantitative estimate of drug-likeness (QED) is 0.860. The molecular weight excluding hydrogens is 237 g/mol. The predicted octanol–water partition coefficient (Wildman–Crippen LogP) is 3.51. The van der Waals surface area contributed by atoms with Crippen LogP contribution in [0.15, 0.2) is 12.1 Å². The van der Waals surface area contributed by atoms with E-state index in [1.165, 1.54) is 12.1 Å². The van der Waals surface area contributed by atoms with E-state index in [0.29, 0.717) is 15.7 Å². The van der Waals surface area contributed by atoms with E-state index < -0.39 is 5.97 Å². The zero-order valence-corrected chi connectivity index (χ0v) is 9.86. The summed E-state index contributed by atoms with van der Waals surface area (Å²) in [4.78, 5) is 11.0. The van der Waals surface area contributed by atoms with Crippen molar-refractivity contribution in [1.82, 2.24) is 0 Å². The Morgan fingerprint density at radius 2 is 2.00 bits per heavy atom. The van der Waals surface area contributed by atoms with Crippen LogP contribution in [0, 0.1) is 0 Å². The van der Waals surface area contributed by atoms with Crippen molar-refractivity contribution >= 4 is 34.9 Å². The van der Waals surface area contributed by atoms with Gasteiger partial charge in [-0.2, -0.15) is 0 Å². The van der Waals surface area contributed by atoms with Crippen molar-refractivity contribution < 1.29 is 9.90 Å². The molecule has 0 saturated carbocycles. The van der Waals surface area contributed by atoms with E-state index in [9.17, 15) is 4.79 Å². The summed E-state index contributed by atoms with van der Waals surface area (Å²) in [7, 11) is 0. The molecule has 0 radical (unpaired) electrons. The van der Waals surface area contributed by atoms with Gasteiger partial charge in [-0.05, 0) is 26.0 Å². The fourth-order valence-electron chi connectivity index (χ4n) is 1.18. The second-order valence-electron chi connectivity index (χ2n) is 3.41. The van der Waals surface area contributed by atoms with Crippen molar-refractivity contribution in [2.75, 3.05) is 5.32 Å². The van der Waals surface area contributed by atoms with Gasteiger partial charge >= 0.3 is 5.97 Å². The first-order valence-electron chi connectivity index (χ1n) is 4.40. The topological polar surface area (TPSA) is 49.3 Å². The minimum Gasteiger partial charge on any atom is -0.478 e. The Bertz CT molecular complexity index is 391. The van der Waals surface area contributed by atoms with Gasteiger partial charge in [0.25, 0.3) is 0 Å². The molecule has 15 heavy (non-hydrogen) atoms. The molecule has 0 saturated heterocycles. The number of carboxylic acid groups (broad SMARTS) is 1. The maximum Gasteiger partial charge on any atom is 0.337 e. The lowest BCUT2D eigenvalue weighted by Gasteiger charge is -2.14. The summed E-state index contributed by atoms with van der Waals surface area (Å²) in [5.41, 5.74) is 0.491. The van der Waals surface area contributed by atoms with Gasteiger partial charge in [-0.15, -0.1) is 0 Å². The number of rotatable bonds is 3. The molecule has 0 fully saturated rings. The molecule has 5 heteroatoms. The molecule has 0 atom stereocenters. The van der Waals surface area contributed by atoms with Gasteiger partial charge in [-0.3, -0.25) is 0 Å². The van der Waals surface area contributed by atoms with Crippen molar-refractivity contribution in [3.63, 3.8) is 0 Å². The minimum absolute atomic E-state index is 0.0844. The fourth-order valence-corrected chi connectivity index (χ4v) is 1.73. The highest BCUT2D eigenvalue weighted by Crippen LogP contribution is 2.30. The Kier molecular flexibility index (Phi) is 3.83. The van der Waals surface area contributed by atoms with Gasteiger partial charge < -0.3 is 10.4 Å². The molecule has 2 N–H and O–H groups in total. The van der Waals surface area contributed by atoms with Crippen LogP contribution in [0.4, 0.5) is 5.69 Å². The first-order valence-corrected chi connectivity index (χ1v) is 5.16. The van der Waals surface area contributed by atoms with Crippen LogP contribution in [0.2, 0.25) is 10.0 Å². The maximum absolute atomic E-state index is 11.0. The molecule has 1 rings (SSSR count). The first kappa shape index (κ1) is 12.1. The highest BCUT2D eigenvalue weighted by Gasteiger charge is 2.15. The molecule has 0 unspecified atom stereocenters. The summed E-state index contributed by atoms with van der Waals surface area (Å²) in [6, 6.07) is 2.99. The van der Waals surface area contributed by atoms with Crippen molar-refractivity contribution in [1.29, 1.82) is 0 Å². The number of benzene rings is 1. The molecule has 0 amide bonds. The standard InChI is InChI=1S/C10H11Cl2NO2/c1-5(2)13-9-7(10(14)15)3-6(11)4-8(9)12/h3-5,13H,1-2H3,(H,14,15). The van der Waals surface area contributed by atoms with Crippen LogP contribution < -0.4 is 5.32 Å². The van der Waals surface area contributed by atoms with Gasteiger partial charge in [-0.25, -0.2) is 4.79 Å². The van der Waals surface area contributed by atoms with Crippen LogP contribution in [0.25, 0.3) is 0 Å². The maximum atomic E-state index is 11.0. The van der Waals surface area contributed by atoms with Gasteiger partial charge in [0.05, 0.1) is 16.3 Å². The Morgan fingerprint density at radius 3 is 2.47 bits per heavy atom. The molecule has 0 aliphatic heterocycles. The Morgan fingerprint density at radius 1 is 1.40 bits per heavy atom. The highest BCUT2D eigenvalue weighted by atomic mass is 35.5. The zero-order chi connectivity index (χ0) is 11.6. The van der Waals surface area contributed by atoms with Crippen LogP contribution >= 0.6 is 23.2 Å². The van der Waals surface area contributed by atoms with Crippen LogP contribution in [0.5, 0.6) is 0 Å². The lowest BCUT2D eigenvalue weighted by atomic mass is 10.1. The van der Waals surface area contributed by atoms with Crippen molar-refractivity contribution in [3.8, 4) is 0 Å². The Balaban J connectivity index is 3.27. The average molecular weight is 248 g/mol. The number of anilines is 1. The van der Waals surface area contributed by atoms with E-state index in [0.717, 1.165) is 0 Å². The summed E-state index contributed by atoms with van der Waals surface area (Å²) in [5.74, 6) is -1.05. The Hall–Kier alpha value is -0.930. The molecular formula is C10H11Cl2NO2. The van der Waals surface area contributed by atoms with Gasteiger partial charge in [-0.1, -0.05) is 23.2 Å². The predicted molar refractivity (Wildman–Crippen MR) is 62.2 cm³/mol. The molecule has 0 heterocycles. The average Bonchev–Trinajstić information content (AvgIpc) is 2.08. The number of carboxylic acids is 1. The van der Waals surface area contributed by atoms with E-state index in [4.69, 9.17) is 28.3 Å². The van der Waals surface area contributed by atoms with E-state index in [1.54, 1.807) is 0 Å². The SMILES string of the molecule is CC(C)Nc1c(Cl)cc(Cl)cc1C(=O)O. The van der Waals surface area contributed by atoms with Crippen molar-refractivity contribution in [3.05, 3.63) is 27.7 Å². The normalized spacial score (nSPS) is 10.5. The molecule has 0 spiro atoms. The molecule has 82 valence electrons. The second kappa shape index (κ2) is 4.73. The number of carbonyl (C=O) groups is 1. The van der Waals surface area contributed by atoms with Gasteiger partial charge in [0.15, 0.2) is 0 Å². The molecule has 0 aromatic heterocycles. The van der Waals surface area contributed by atoms with E-state index in [1.807, 2.05) is 13.8 Å². The second-order valence-corrected chi connectivity index (χ2v) is 4.26. The minimum atomic E-state index is -1.05. The number of aromatic carboxylic acids is 1. The summed E-state index contributed by atoms with van der Waals surface area (Å²) in [6.45, 7) is 3.80. The molecule has 0 bridgehead atoms. The van der Waals surface area contributed by atoms with Crippen molar-refractivity contribution in [2.45, 2.75) is 19.9 Å². The van der Waals surface area contributed by atoms with E-state index >= 15 is 0 Å². The smallest absolute Gasteiger partial charge is 0.337 e. The number of nitrogens with one attached hydrogen (secondary N) is 1. The third kappa shape index (κ3) is 3.01. The molecule has 0 aliphatic rings. The van der Waals surface area contributed by atoms with Crippen molar-refractivity contribution in [2.24, 2.45) is 0 Å². The van der Waals surface area contributed by atoms with Crippen LogP contribution in [0.3, 0.4) is 0 Å². The highest BCUT2D eigenvalue weighted by molar-refractivity contribution is 6.37. The lowest BCUT2D eigenvalue weighted by molar-refractivity contribution is 0.0698. The van der Waals surface area contributed by atoms with E-state index in [2.05, 4.69) is 5.32 Å². The summed E-state index contributed by atoms with van der Waals surface area (Å²) in [6.07, 6.45) is 0. The van der Waals surface area contributed by atoms with Gasteiger partial charge in [0, 0.05) is 11.1 Å². The number of hydrogen-bond acceptors (Lipinski definition) is 2. The van der Waals surface area contributed by atoms with Crippen LogP contribution in [-0.4, -0.2) is 17.1 Å². The van der Waals surface area contributed by atoms with Gasteiger partial charge in [0.1, 0.15) is 0 Å². The van der Waals surface area contributed by atoms with E-state index in [-0.39, 0.29) is 11.6 Å². The molecule has 1 aromatic carbocycles. The number of halogens is 2. The monoisotopic (exact) mass is 247 g/mol. The number of hydrogen-bond donors (Lipinski definition) is 2. The molecule has 3 nitrogen and oxygen atoms in total. The molecule has 0 aliphatic carbocycles. The summed E-state index contributed by atoms with van der Waals surface area (Å²) >= 11 is 11.6. The third-order valence-corrected chi connectivity index (χ3v) is 2.23. The summed E-state index contributed by atoms with van der Waals surface area (Å²) < 4.78 is 0. The largest absolute Gasteiger partial charge is 0.478 e. The first-order chi connectivity index (χ1) is 6.91. The van der Waals surface area contributed by atoms with Crippen LogP contribution in [0.1, 0.15) is 24.2 Å². The lowest BCUT2D eigenvalue weighted by Crippen LogP contribution is -2.14. The van der Waals surface area contributed by atoms with Gasteiger partial charge in [0.2, 0.25) is 0 Å².